The number of hydrogen-bond acceptors (Lipinski definition) is 4. The molecule has 0 radical (unpaired) electrons. The number of ether oxygens (including phenoxy) is 1. The van der Waals surface area contributed by atoms with Crippen LogP contribution in [0.5, 0.6) is 5.75 Å². The third-order valence-electron chi connectivity index (χ3n) is 3.27. The molecule has 2 rings (SSSR count). The molecule has 0 aromatic heterocycles. The van der Waals surface area contributed by atoms with E-state index in [0.29, 0.717) is 17.1 Å². The molecule has 0 aliphatic carbocycles. The van der Waals surface area contributed by atoms with Gasteiger partial charge in [-0.05, 0) is 48.5 Å². The third kappa shape index (κ3) is 3.81. The third-order valence-corrected chi connectivity index (χ3v) is 5.07. The first-order chi connectivity index (χ1) is 10.8. The van der Waals surface area contributed by atoms with Gasteiger partial charge in [-0.2, -0.15) is 0 Å². The number of sulfonamides is 1. The number of anilines is 2. The van der Waals surface area contributed by atoms with Gasteiger partial charge in [0.25, 0.3) is 10.0 Å². The van der Waals surface area contributed by atoms with E-state index in [0.717, 1.165) is 0 Å². The number of benzene rings is 2. The van der Waals surface area contributed by atoms with E-state index in [1.165, 1.54) is 37.5 Å². The lowest BCUT2D eigenvalue weighted by molar-refractivity contribution is -0.114. The highest BCUT2D eigenvalue weighted by Crippen LogP contribution is 2.24. The first-order valence-corrected chi connectivity index (χ1v) is 8.29. The van der Waals surface area contributed by atoms with E-state index in [-0.39, 0.29) is 10.8 Å². The summed E-state index contributed by atoms with van der Waals surface area (Å²) in [6.45, 7) is 1.41. The van der Waals surface area contributed by atoms with Crippen LogP contribution < -0.4 is 14.4 Å². The molecule has 0 saturated heterocycles. The van der Waals surface area contributed by atoms with Crippen LogP contribution >= 0.6 is 0 Å². The Morgan fingerprint density at radius 2 is 1.61 bits per heavy atom. The summed E-state index contributed by atoms with van der Waals surface area (Å²) in [4.78, 5) is 11.2. The lowest BCUT2D eigenvalue weighted by Gasteiger charge is -2.20. The van der Waals surface area contributed by atoms with Crippen molar-refractivity contribution in [2.75, 3.05) is 23.8 Å². The van der Waals surface area contributed by atoms with Gasteiger partial charge >= 0.3 is 0 Å². The first-order valence-electron chi connectivity index (χ1n) is 6.85. The van der Waals surface area contributed by atoms with Crippen LogP contribution in [0.2, 0.25) is 0 Å². The minimum absolute atomic E-state index is 0.173. The zero-order valence-electron chi connectivity index (χ0n) is 13.1. The van der Waals surface area contributed by atoms with Gasteiger partial charge in [0.05, 0.1) is 17.7 Å². The van der Waals surface area contributed by atoms with Crippen LogP contribution in [0.3, 0.4) is 0 Å². The molecule has 2 aromatic carbocycles. The number of rotatable bonds is 5. The number of amides is 1. The fourth-order valence-corrected chi connectivity index (χ4v) is 3.20. The van der Waals surface area contributed by atoms with Crippen LogP contribution in [0.4, 0.5) is 11.4 Å². The van der Waals surface area contributed by atoms with Crippen LogP contribution in [0.1, 0.15) is 6.92 Å². The van der Waals surface area contributed by atoms with Crippen molar-refractivity contribution in [1.29, 1.82) is 0 Å². The van der Waals surface area contributed by atoms with E-state index in [4.69, 9.17) is 4.74 Å². The molecule has 0 saturated carbocycles. The number of carbonyl (C=O) groups is 1. The summed E-state index contributed by atoms with van der Waals surface area (Å²) >= 11 is 0. The Morgan fingerprint density at radius 3 is 2.09 bits per heavy atom. The minimum atomic E-state index is -3.66. The quantitative estimate of drug-likeness (QED) is 0.911. The molecule has 1 N–H and O–H groups in total. The van der Waals surface area contributed by atoms with Gasteiger partial charge in [-0.1, -0.05) is 0 Å². The van der Waals surface area contributed by atoms with Crippen LogP contribution in [0.15, 0.2) is 53.4 Å². The van der Waals surface area contributed by atoms with Crippen molar-refractivity contribution in [2.45, 2.75) is 11.8 Å². The summed E-state index contributed by atoms with van der Waals surface area (Å²) in [5.74, 6) is 0.406. The number of methoxy groups -OCH3 is 1. The topological polar surface area (TPSA) is 75.7 Å². The molecule has 0 aliphatic rings. The number of nitrogens with zero attached hydrogens (tertiary/aromatic N) is 1. The second-order valence-corrected chi connectivity index (χ2v) is 6.85. The van der Waals surface area contributed by atoms with Crippen molar-refractivity contribution in [2.24, 2.45) is 0 Å². The highest BCUT2D eigenvalue weighted by Gasteiger charge is 2.21. The van der Waals surface area contributed by atoms with Crippen molar-refractivity contribution in [3.63, 3.8) is 0 Å². The summed E-state index contributed by atoms with van der Waals surface area (Å²) in [7, 11) is -0.663. The molecule has 122 valence electrons. The van der Waals surface area contributed by atoms with Crippen LogP contribution in [-0.2, 0) is 14.8 Å². The Bertz CT molecular complexity index is 784. The van der Waals surface area contributed by atoms with E-state index in [9.17, 15) is 13.2 Å². The lowest BCUT2D eigenvalue weighted by atomic mass is 10.3. The van der Waals surface area contributed by atoms with Gasteiger partial charge in [0, 0.05) is 19.7 Å². The standard InChI is InChI=1S/C16H18N2O4S/c1-12(19)17-13-4-6-14(7-5-13)18(2)23(20,21)16-10-8-15(22-3)9-11-16/h4-11H,1-3H3,(H,17,19). The van der Waals surface area contributed by atoms with Gasteiger partial charge in [-0.25, -0.2) is 8.42 Å². The zero-order valence-corrected chi connectivity index (χ0v) is 13.9. The molecule has 0 spiro atoms. The Kier molecular flexibility index (Phi) is 4.90. The van der Waals surface area contributed by atoms with Crippen molar-refractivity contribution < 1.29 is 17.9 Å². The molecule has 0 atom stereocenters. The normalized spacial score (nSPS) is 10.9. The van der Waals surface area contributed by atoms with Gasteiger partial charge in [-0.15, -0.1) is 0 Å². The number of carbonyl (C=O) groups excluding carboxylic acids is 1. The van der Waals surface area contributed by atoms with E-state index in [1.807, 2.05) is 0 Å². The second-order valence-electron chi connectivity index (χ2n) is 4.88. The molecule has 2 aromatic rings. The molecular formula is C16H18N2O4S. The largest absolute Gasteiger partial charge is 0.497 e. The van der Waals surface area contributed by atoms with E-state index >= 15 is 0 Å². The number of hydrogen-bond donors (Lipinski definition) is 1. The maximum atomic E-state index is 12.6. The summed E-state index contributed by atoms with van der Waals surface area (Å²) in [6, 6.07) is 12.8. The molecule has 0 aliphatic heterocycles. The Morgan fingerprint density at radius 1 is 1.04 bits per heavy atom. The lowest BCUT2D eigenvalue weighted by Crippen LogP contribution is -2.26. The zero-order chi connectivity index (χ0) is 17.0. The molecule has 23 heavy (non-hydrogen) atoms. The summed E-state index contributed by atoms with van der Waals surface area (Å²) < 4.78 is 31.4. The average Bonchev–Trinajstić information content (AvgIpc) is 2.54. The van der Waals surface area contributed by atoms with E-state index in [1.54, 1.807) is 36.4 Å². The van der Waals surface area contributed by atoms with Gasteiger partial charge in [0.1, 0.15) is 5.75 Å². The van der Waals surface area contributed by atoms with Crippen molar-refractivity contribution >= 4 is 27.3 Å². The highest BCUT2D eigenvalue weighted by atomic mass is 32.2. The monoisotopic (exact) mass is 334 g/mol. The van der Waals surface area contributed by atoms with Gasteiger partial charge in [-0.3, -0.25) is 9.10 Å². The predicted molar refractivity (Wildman–Crippen MR) is 89.3 cm³/mol. The predicted octanol–water partition coefficient (Wildman–Crippen LogP) is 2.48. The highest BCUT2D eigenvalue weighted by molar-refractivity contribution is 7.92. The molecular weight excluding hydrogens is 316 g/mol. The molecule has 0 fully saturated rings. The Labute approximate surface area is 135 Å². The maximum absolute atomic E-state index is 12.6. The SMILES string of the molecule is COc1ccc(S(=O)(=O)N(C)c2ccc(NC(C)=O)cc2)cc1. The molecule has 0 heterocycles. The summed E-state index contributed by atoms with van der Waals surface area (Å²) in [5, 5.41) is 2.63. The van der Waals surface area contributed by atoms with Crippen molar-refractivity contribution in [3.05, 3.63) is 48.5 Å². The maximum Gasteiger partial charge on any atom is 0.264 e. The van der Waals surface area contributed by atoms with Crippen molar-refractivity contribution in [1.82, 2.24) is 0 Å². The fraction of sp³-hybridized carbons (Fsp3) is 0.188. The summed E-state index contributed by atoms with van der Waals surface area (Å²) in [5.41, 5.74) is 1.10. The van der Waals surface area contributed by atoms with E-state index in [2.05, 4.69) is 5.32 Å². The second kappa shape index (κ2) is 6.70. The van der Waals surface area contributed by atoms with E-state index < -0.39 is 10.0 Å². The van der Waals surface area contributed by atoms with Crippen LogP contribution in [-0.4, -0.2) is 28.5 Å². The molecule has 6 nitrogen and oxygen atoms in total. The molecule has 1 amide bonds. The van der Waals surface area contributed by atoms with Crippen LogP contribution in [0.25, 0.3) is 0 Å². The van der Waals surface area contributed by atoms with Crippen LogP contribution in [0, 0.1) is 0 Å². The average molecular weight is 334 g/mol. The van der Waals surface area contributed by atoms with Crippen molar-refractivity contribution in [3.8, 4) is 5.75 Å². The smallest absolute Gasteiger partial charge is 0.264 e. The summed E-state index contributed by atoms with van der Waals surface area (Å²) in [6.07, 6.45) is 0. The van der Waals surface area contributed by atoms with Gasteiger partial charge < -0.3 is 10.1 Å². The number of nitrogens with one attached hydrogen (secondary N) is 1. The molecule has 0 bridgehead atoms. The molecule has 0 unspecified atom stereocenters. The van der Waals surface area contributed by atoms with Gasteiger partial charge in [0.2, 0.25) is 5.91 Å². The fourth-order valence-electron chi connectivity index (χ4n) is 2.00. The minimum Gasteiger partial charge on any atom is -0.497 e. The first kappa shape index (κ1) is 16.8. The molecule has 7 heteroatoms. The Balaban J connectivity index is 2.26. The van der Waals surface area contributed by atoms with Gasteiger partial charge in [0.15, 0.2) is 0 Å². The Hall–Kier alpha value is -2.54.